The third kappa shape index (κ3) is 16.7. The van der Waals surface area contributed by atoms with Crippen molar-refractivity contribution in [3.63, 3.8) is 0 Å². The van der Waals surface area contributed by atoms with Gasteiger partial charge in [-0.1, -0.05) is 84.4 Å². The number of aliphatic hydroxyl groups excluding tert-OH is 1. The van der Waals surface area contributed by atoms with E-state index in [4.69, 9.17) is 4.74 Å². The van der Waals surface area contributed by atoms with Crippen LogP contribution in [0.3, 0.4) is 0 Å². The maximum absolute atomic E-state index is 14.7. The van der Waals surface area contributed by atoms with Gasteiger partial charge in [0.25, 0.3) is 0 Å². The first-order valence-corrected chi connectivity index (χ1v) is 24.0. The second kappa shape index (κ2) is 26.0. The van der Waals surface area contributed by atoms with E-state index in [0.717, 1.165) is 5.56 Å². The molecule has 0 aliphatic carbocycles. The number of pyridine rings is 1. The fourth-order valence-corrected chi connectivity index (χ4v) is 8.16. The lowest BCUT2D eigenvalue weighted by molar-refractivity contribution is -0.142. The number of aliphatic hydroxyl groups is 1. The van der Waals surface area contributed by atoms with Gasteiger partial charge in [0.05, 0.1) is 36.8 Å². The number of nitrogens with zero attached hydrogens (tertiary/aromatic N) is 4. The molecule has 68 heavy (non-hydrogen) atoms. The van der Waals surface area contributed by atoms with Crippen molar-refractivity contribution in [3.8, 4) is 0 Å². The Balaban J connectivity index is 1.53. The van der Waals surface area contributed by atoms with Crippen molar-refractivity contribution < 1.29 is 38.6 Å². The summed E-state index contributed by atoms with van der Waals surface area (Å²) in [5, 5.41) is 26.8. The van der Waals surface area contributed by atoms with Gasteiger partial charge in [-0.25, -0.2) is 9.78 Å². The summed E-state index contributed by atoms with van der Waals surface area (Å²) in [6.45, 7) is 17.2. The van der Waals surface area contributed by atoms with Crippen molar-refractivity contribution in [1.29, 1.82) is 0 Å². The molecule has 1 aromatic carbocycles. The van der Waals surface area contributed by atoms with Crippen LogP contribution in [0.25, 0.3) is 0 Å². The summed E-state index contributed by atoms with van der Waals surface area (Å²) in [6, 6.07) is 9.07. The number of likely N-dealkylation sites (tertiary alicyclic amines) is 1. The average Bonchev–Trinajstić information content (AvgIpc) is 4.01. The SMILES string of the molecule is CC[C@H](C)[C@H](NC(=O)[C@@H](NC[C@H](O)[C@H](CC(C)C)NC(=O)[C@H](Cc1cnc[nH]1)N(C)C(=O)[C@H](Cc1ccccc1)NC(=O)[C@@H]1CCCN1C(=O)OC(C)(C)C)C(C)C)C(=O)NCc1ccccn1. The summed E-state index contributed by atoms with van der Waals surface area (Å²) in [7, 11) is 1.50. The number of rotatable bonds is 24. The van der Waals surface area contributed by atoms with Crippen molar-refractivity contribution >= 4 is 35.6 Å². The number of ether oxygens (including phenoxy) is 1. The second-order valence-electron chi connectivity index (χ2n) is 19.7. The highest BCUT2D eigenvalue weighted by Crippen LogP contribution is 2.22. The first-order chi connectivity index (χ1) is 32.2. The molecule has 3 aromatic rings. The van der Waals surface area contributed by atoms with Crippen LogP contribution in [-0.2, 0) is 48.1 Å². The third-order valence-electron chi connectivity index (χ3n) is 12.1. The number of nitrogens with one attached hydrogen (secondary N) is 6. The lowest BCUT2D eigenvalue weighted by Crippen LogP contribution is -2.60. The van der Waals surface area contributed by atoms with Gasteiger partial charge in [0.1, 0.15) is 29.8 Å². The largest absolute Gasteiger partial charge is 0.444 e. The van der Waals surface area contributed by atoms with Crippen molar-refractivity contribution in [2.24, 2.45) is 17.8 Å². The van der Waals surface area contributed by atoms with E-state index in [9.17, 15) is 33.9 Å². The molecule has 8 atom stereocenters. The van der Waals surface area contributed by atoms with Gasteiger partial charge in [-0.2, -0.15) is 0 Å². The van der Waals surface area contributed by atoms with Crippen molar-refractivity contribution in [3.05, 3.63) is 84.2 Å². The molecule has 0 unspecified atom stereocenters. The normalized spacial score (nSPS) is 17.0. The molecule has 3 heterocycles. The Kier molecular flexibility index (Phi) is 20.9. The summed E-state index contributed by atoms with van der Waals surface area (Å²) in [4.78, 5) is 97.9. The number of hydrogen-bond acceptors (Lipinski definition) is 11. The smallest absolute Gasteiger partial charge is 0.410 e. The molecule has 4 rings (SSSR count). The molecule has 374 valence electrons. The van der Waals surface area contributed by atoms with Crippen LogP contribution in [0.5, 0.6) is 0 Å². The molecular formula is C50H76N10O8. The van der Waals surface area contributed by atoms with Gasteiger partial charge in [0, 0.05) is 51.1 Å². The highest BCUT2D eigenvalue weighted by Gasteiger charge is 2.40. The van der Waals surface area contributed by atoms with Crippen LogP contribution in [0.2, 0.25) is 0 Å². The summed E-state index contributed by atoms with van der Waals surface area (Å²) in [5.74, 6) is -2.75. The molecule has 1 fully saturated rings. The van der Waals surface area contributed by atoms with Gasteiger partial charge >= 0.3 is 6.09 Å². The number of likely N-dealkylation sites (N-methyl/N-ethyl adjacent to an activating group) is 1. The van der Waals surface area contributed by atoms with Crippen molar-refractivity contribution in [2.75, 3.05) is 20.1 Å². The molecule has 7 N–H and O–H groups in total. The first-order valence-electron chi connectivity index (χ1n) is 24.0. The van der Waals surface area contributed by atoms with E-state index < -0.39 is 77.7 Å². The van der Waals surface area contributed by atoms with E-state index in [0.29, 0.717) is 43.6 Å². The molecule has 18 nitrogen and oxygen atoms in total. The van der Waals surface area contributed by atoms with Crippen LogP contribution in [0.15, 0.2) is 67.3 Å². The van der Waals surface area contributed by atoms with E-state index in [1.165, 1.54) is 23.2 Å². The summed E-state index contributed by atoms with van der Waals surface area (Å²) < 4.78 is 5.59. The minimum absolute atomic E-state index is 0.0201. The predicted molar refractivity (Wildman–Crippen MR) is 258 cm³/mol. The highest BCUT2D eigenvalue weighted by atomic mass is 16.6. The van der Waals surface area contributed by atoms with Crippen LogP contribution in [-0.4, -0.2) is 134 Å². The zero-order valence-corrected chi connectivity index (χ0v) is 41.6. The number of imidazole rings is 1. The van der Waals surface area contributed by atoms with Crippen LogP contribution >= 0.6 is 0 Å². The highest BCUT2D eigenvalue weighted by molar-refractivity contribution is 5.94. The van der Waals surface area contributed by atoms with Gasteiger partial charge < -0.3 is 46.3 Å². The number of hydrogen-bond donors (Lipinski definition) is 7. The maximum Gasteiger partial charge on any atom is 0.410 e. The molecule has 18 heteroatoms. The monoisotopic (exact) mass is 945 g/mol. The van der Waals surface area contributed by atoms with Crippen LogP contribution in [0, 0.1) is 17.8 Å². The fraction of sp³-hybridized carbons (Fsp3) is 0.600. The molecular weight excluding hydrogens is 869 g/mol. The third-order valence-corrected chi connectivity index (χ3v) is 12.1. The van der Waals surface area contributed by atoms with E-state index >= 15 is 0 Å². The number of amides is 6. The summed E-state index contributed by atoms with van der Waals surface area (Å²) in [6.07, 6.45) is 4.98. The zero-order valence-electron chi connectivity index (χ0n) is 41.6. The molecule has 1 aliphatic rings. The Labute approximate surface area is 401 Å². The van der Waals surface area contributed by atoms with Crippen molar-refractivity contribution in [1.82, 2.24) is 51.3 Å². The van der Waals surface area contributed by atoms with E-state index in [2.05, 4.69) is 41.5 Å². The van der Waals surface area contributed by atoms with E-state index in [-0.39, 0.29) is 49.6 Å². The minimum atomic E-state index is -1.18. The van der Waals surface area contributed by atoms with Gasteiger partial charge in [-0.05, 0) is 75.5 Å². The number of carbonyl (C=O) groups is 6. The van der Waals surface area contributed by atoms with Gasteiger partial charge in [0.2, 0.25) is 29.5 Å². The Morgan fingerprint density at radius 1 is 0.912 bits per heavy atom. The molecule has 0 bridgehead atoms. The molecule has 1 saturated heterocycles. The zero-order chi connectivity index (χ0) is 50.1. The van der Waals surface area contributed by atoms with Crippen LogP contribution < -0.4 is 26.6 Å². The van der Waals surface area contributed by atoms with Gasteiger partial charge in [-0.15, -0.1) is 0 Å². The minimum Gasteiger partial charge on any atom is -0.444 e. The predicted octanol–water partition coefficient (Wildman–Crippen LogP) is 3.65. The summed E-state index contributed by atoms with van der Waals surface area (Å²) in [5.41, 5.74) is 1.25. The van der Waals surface area contributed by atoms with Gasteiger partial charge in [-0.3, -0.25) is 33.9 Å². The topological polar surface area (TPSA) is 240 Å². The molecule has 6 amide bonds. The van der Waals surface area contributed by atoms with E-state index in [1.807, 2.05) is 77.9 Å². The molecule has 2 aromatic heterocycles. The second-order valence-corrected chi connectivity index (χ2v) is 19.7. The Morgan fingerprint density at radius 2 is 1.62 bits per heavy atom. The number of H-pyrrole nitrogens is 1. The molecule has 0 spiro atoms. The Hall–Kier alpha value is -5.88. The van der Waals surface area contributed by atoms with Gasteiger partial charge in [0.15, 0.2) is 0 Å². The lowest BCUT2D eigenvalue weighted by atomic mass is 9.95. The fourth-order valence-electron chi connectivity index (χ4n) is 8.16. The van der Waals surface area contributed by atoms with E-state index in [1.54, 1.807) is 45.3 Å². The number of carbonyl (C=O) groups excluding carboxylic acids is 6. The average molecular weight is 945 g/mol. The Morgan fingerprint density at radius 3 is 2.22 bits per heavy atom. The molecule has 1 aliphatic heterocycles. The first kappa shape index (κ1) is 54.7. The quantitative estimate of drug-likeness (QED) is 0.0684. The Bertz CT molecular complexity index is 2060. The standard InChI is InChI=1S/C50H76N10O8/c1-11-33(6)43(46(64)54-28-35-20-15-16-22-52-35)58-47(65)42(32(4)5)53-29-41(61)37(24-31(2)3)56-45(63)40(26-36-27-51-30-55-36)59(10)48(66)38(25-34-18-13-12-14-19-34)57-44(62)39-21-17-23-60(39)49(67)68-50(7,8)9/h12-16,18-20,22,27,30-33,37-43,53,61H,11,17,21,23-26,28-29H2,1-10H3,(H,51,55)(H,54,64)(H,56,63)(H,57,62)(H,58,65)/t33-,37-,38-,39-,40-,41-,42-,43-/m0/s1. The van der Waals surface area contributed by atoms with Crippen molar-refractivity contribution in [2.45, 2.75) is 155 Å². The summed E-state index contributed by atoms with van der Waals surface area (Å²) >= 11 is 0. The maximum atomic E-state index is 14.7. The van der Waals surface area contributed by atoms with Crippen LogP contribution in [0.4, 0.5) is 4.79 Å². The van der Waals surface area contributed by atoms with Crippen LogP contribution in [0.1, 0.15) is 105 Å². The molecule has 0 saturated carbocycles. The number of benzene rings is 1. The molecule has 0 radical (unpaired) electrons. The lowest BCUT2D eigenvalue weighted by Gasteiger charge is -2.34. The number of aromatic nitrogens is 3. The number of aromatic amines is 1.